The lowest BCUT2D eigenvalue weighted by Crippen LogP contribution is -2.54. The molecule has 0 aromatic carbocycles. The van der Waals surface area contributed by atoms with E-state index < -0.39 is 9.84 Å². The van der Waals surface area contributed by atoms with E-state index in [1.807, 2.05) is 0 Å². The van der Waals surface area contributed by atoms with Gasteiger partial charge < -0.3 is 10.6 Å². The van der Waals surface area contributed by atoms with Crippen molar-refractivity contribution >= 4 is 9.84 Å². The first-order chi connectivity index (χ1) is 6.98. The molecule has 0 amide bonds. The van der Waals surface area contributed by atoms with Crippen LogP contribution in [0.3, 0.4) is 0 Å². The van der Waals surface area contributed by atoms with Crippen LogP contribution in [0, 0.1) is 0 Å². The number of likely N-dealkylation sites (N-methyl/N-ethyl adjacent to an activating group) is 1. The van der Waals surface area contributed by atoms with Crippen molar-refractivity contribution in [2.24, 2.45) is 5.73 Å². The molecule has 0 saturated carbocycles. The van der Waals surface area contributed by atoms with Crippen LogP contribution in [0.1, 0.15) is 0 Å². The van der Waals surface area contributed by atoms with E-state index in [0.717, 1.165) is 26.2 Å². The van der Waals surface area contributed by atoms with Crippen molar-refractivity contribution in [2.75, 3.05) is 44.7 Å². The standard InChI is InChI=1S/C9H19N3O2S/c1-11-2-4-12(5-3-11)9-7-15(13,14)6-8(9)10/h8-9H,2-7,10H2,1H3. The van der Waals surface area contributed by atoms with Gasteiger partial charge in [-0.05, 0) is 7.05 Å². The Balaban J connectivity index is 2.00. The molecule has 0 spiro atoms. The summed E-state index contributed by atoms with van der Waals surface area (Å²) < 4.78 is 22.9. The van der Waals surface area contributed by atoms with Gasteiger partial charge in [0.05, 0.1) is 11.5 Å². The van der Waals surface area contributed by atoms with Crippen LogP contribution in [0.4, 0.5) is 0 Å². The fourth-order valence-corrected chi connectivity index (χ4v) is 4.31. The highest BCUT2D eigenvalue weighted by molar-refractivity contribution is 7.91. The number of sulfone groups is 1. The van der Waals surface area contributed by atoms with Crippen molar-refractivity contribution in [1.82, 2.24) is 9.80 Å². The second kappa shape index (κ2) is 4.01. The molecule has 0 aromatic heterocycles. The van der Waals surface area contributed by atoms with Crippen LogP contribution in [0.25, 0.3) is 0 Å². The van der Waals surface area contributed by atoms with Crippen molar-refractivity contribution in [3.63, 3.8) is 0 Å². The lowest BCUT2D eigenvalue weighted by Gasteiger charge is -2.37. The summed E-state index contributed by atoms with van der Waals surface area (Å²) in [6, 6.07) is -0.151. The lowest BCUT2D eigenvalue weighted by atomic mass is 10.1. The SMILES string of the molecule is CN1CCN(C2CS(=O)(=O)CC2N)CC1. The highest BCUT2D eigenvalue weighted by atomic mass is 32.2. The molecule has 6 heteroatoms. The summed E-state index contributed by atoms with van der Waals surface area (Å²) in [4.78, 5) is 4.49. The first kappa shape index (κ1) is 11.3. The maximum atomic E-state index is 11.4. The van der Waals surface area contributed by atoms with Crippen LogP contribution >= 0.6 is 0 Å². The molecule has 2 atom stereocenters. The summed E-state index contributed by atoms with van der Waals surface area (Å²) >= 11 is 0. The molecule has 0 bridgehead atoms. The minimum atomic E-state index is -2.89. The van der Waals surface area contributed by atoms with Gasteiger partial charge in [-0.2, -0.15) is 0 Å². The van der Waals surface area contributed by atoms with E-state index in [1.54, 1.807) is 0 Å². The highest BCUT2D eigenvalue weighted by Crippen LogP contribution is 2.18. The first-order valence-corrected chi connectivity index (χ1v) is 7.19. The third-order valence-corrected chi connectivity index (χ3v) is 5.11. The van der Waals surface area contributed by atoms with Crippen LogP contribution in [-0.2, 0) is 9.84 Å². The Bertz CT molecular complexity index is 322. The number of nitrogens with zero attached hydrogens (tertiary/aromatic N) is 2. The second-order valence-electron chi connectivity index (χ2n) is 4.65. The van der Waals surface area contributed by atoms with E-state index in [1.165, 1.54) is 0 Å². The van der Waals surface area contributed by atoms with Gasteiger partial charge in [0, 0.05) is 38.3 Å². The average Bonchev–Trinajstić information content (AvgIpc) is 2.41. The predicted octanol–water partition coefficient (Wildman–Crippen LogP) is -1.64. The van der Waals surface area contributed by atoms with Gasteiger partial charge in [-0.1, -0.05) is 0 Å². The molecular weight excluding hydrogens is 214 g/mol. The highest BCUT2D eigenvalue weighted by Gasteiger charge is 2.39. The van der Waals surface area contributed by atoms with Crippen LogP contribution in [-0.4, -0.2) is 75.0 Å². The third kappa shape index (κ3) is 2.50. The molecule has 2 unspecified atom stereocenters. The maximum Gasteiger partial charge on any atom is 0.153 e. The monoisotopic (exact) mass is 233 g/mol. The van der Waals surface area contributed by atoms with Crippen molar-refractivity contribution in [2.45, 2.75) is 12.1 Å². The van der Waals surface area contributed by atoms with E-state index in [0.29, 0.717) is 0 Å². The number of hydrogen-bond donors (Lipinski definition) is 1. The molecule has 2 heterocycles. The Morgan fingerprint density at radius 2 is 1.73 bits per heavy atom. The number of hydrogen-bond acceptors (Lipinski definition) is 5. The first-order valence-electron chi connectivity index (χ1n) is 5.36. The maximum absolute atomic E-state index is 11.4. The van der Waals surface area contributed by atoms with Crippen molar-refractivity contribution in [3.8, 4) is 0 Å². The molecule has 0 aliphatic carbocycles. The topological polar surface area (TPSA) is 66.6 Å². The summed E-state index contributed by atoms with van der Waals surface area (Å²) in [5.74, 6) is 0.405. The number of piperazine rings is 1. The van der Waals surface area contributed by atoms with Crippen molar-refractivity contribution in [1.29, 1.82) is 0 Å². The van der Waals surface area contributed by atoms with E-state index in [9.17, 15) is 8.42 Å². The molecule has 2 N–H and O–H groups in total. The van der Waals surface area contributed by atoms with Gasteiger partial charge in [-0.15, -0.1) is 0 Å². The summed E-state index contributed by atoms with van der Waals surface area (Å²) in [6.07, 6.45) is 0. The largest absolute Gasteiger partial charge is 0.325 e. The minimum absolute atomic E-state index is 0.0451. The number of nitrogens with two attached hydrogens (primary N) is 1. The van der Waals surface area contributed by atoms with E-state index >= 15 is 0 Å². The fourth-order valence-electron chi connectivity index (χ4n) is 2.39. The molecule has 0 radical (unpaired) electrons. The Hall–Kier alpha value is -0.170. The molecular formula is C9H19N3O2S. The van der Waals surface area contributed by atoms with Crippen LogP contribution in [0.2, 0.25) is 0 Å². The molecule has 2 aliphatic heterocycles. The lowest BCUT2D eigenvalue weighted by molar-refractivity contribution is 0.114. The summed E-state index contributed by atoms with van der Waals surface area (Å²) in [5.41, 5.74) is 5.89. The van der Waals surface area contributed by atoms with Gasteiger partial charge in [-0.3, -0.25) is 4.90 Å². The van der Waals surface area contributed by atoms with Crippen LogP contribution in [0.5, 0.6) is 0 Å². The molecule has 15 heavy (non-hydrogen) atoms. The summed E-state index contributed by atoms with van der Waals surface area (Å²) in [6.45, 7) is 3.88. The third-order valence-electron chi connectivity index (χ3n) is 3.37. The van der Waals surface area contributed by atoms with E-state index in [2.05, 4.69) is 16.8 Å². The van der Waals surface area contributed by atoms with Gasteiger partial charge in [0.1, 0.15) is 0 Å². The summed E-state index contributed by atoms with van der Waals surface area (Å²) in [5, 5.41) is 0. The average molecular weight is 233 g/mol. The second-order valence-corrected chi connectivity index (χ2v) is 6.80. The van der Waals surface area contributed by atoms with Gasteiger partial charge in [0.25, 0.3) is 0 Å². The van der Waals surface area contributed by atoms with Crippen molar-refractivity contribution < 1.29 is 8.42 Å². The molecule has 2 rings (SSSR count). The molecule has 2 fully saturated rings. The fraction of sp³-hybridized carbons (Fsp3) is 1.00. The van der Waals surface area contributed by atoms with E-state index in [-0.39, 0.29) is 23.6 Å². The van der Waals surface area contributed by atoms with Gasteiger partial charge in [-0.25, -0.2) is 8.42 Å². The van der Waals surface area contributed by atoms with Crippen molar-refractivity contribution in [3.05, 3.63) is 0 Å². The quantitative estimate of drug-likeness (QED) is 0.588. The predicted molar refractivity (Wildman–Crippen MR) is 59.5 cm³/mol. The van der Waals surface area contributed by atoms with E-state index in [4.69, 9.17) is 5.73 Å². The zero-order valence-electron chi connectivity index (χ0n) is 9.09. The molecule has 0 aromatic rings. The molecule has 2 aliphatic rings. The van der Waals surface area contributed by atoms with Crippen LogP contribution in [0.15, 0.2) is 0 Å². The Morgan fingerprint density at radius 1 is 1.13 bits per heavy atom. The van der Waals surface area contributed by atoms with Gasteiger partial charge in [0.15, 0.2) is 9.84 Å². The van der Waals surface area contributed by atoms with Crippen LogP contribution < -0.4 is 5.73 Å². The zero-order valence-corrected chi connectivity index (χ0v) is 9.91. The van der Waals surface area contributed by atoms with Gasteiger partial charge >= 0.3 is 0 Å². The normalized spacial score (nSPS) is 38.3. The molecule has 2 saturated heterocycles. The Kier molecular flexibility index (Phi) is 3.03. The minimum Gasteiger partial charge on any atom is -0.325 e. The Labute approximate surface area is 91.1 Å². The smallest absolute Gasteiger partial charge is 0.153 e. The molecule has 5 nitrogen and oxygen atoms in total. The van der Waals surface area contributed by atoms with Gasteiger partial charge in [0.2, 0.25) is 0 Å². The zero-order chi connectivity index (χ0) is 11.1. The molecule has 88 valence electrons. The Morgan fingerprint density at radius 3 is 2.20 bits per heavy atom. The number of rotatable bonds is 1. The summed E-state index contributed by atoms with van der Waals surface area (Å²) in [7, 11) is -0.802.